The van der Waals surface area contributed by atoms with E-state index >= 15 is 4.39 Å². The molecule has 35 heavy (non-hydrogen) atoms. The van der Waals surface area contributed by atoms with Crippen LogP contribution < -0.4 is 15.0 Å². The minimum atomic E-state index is -1.14. The summed E-state index contributed by atoms with van der Waals surface area (Å²) < 4.78 is 22.9. The molecule has 6 heterocycles. The molecule has 2 fully saturated rings. The molecule has 1 amide bonds. The van der Waals surface area contributed by atoms with Crippen LogP contribution >= 0.6 is 0 Å². The number of hydrogen-bond acceptors (Lipinski definition) is 7. The lowest BCUT2D eigenvalue weighted by Crippen LogP contribution is -2.63. The van der Waals surface area contributed by atoms with Crippen molar-refractivity contribution >= 4 is 11.7 Å². The molecule has 3 aromatic heterocycles. The number of carbonyl (C=O) groups excluding carboxylic acids is 1. The lowest BCUT2D eigenvalue weighted by molar-refractivity contribution is -0.00952. The number of anilines is 1. The highest BCUT2D eigenvalue weighted by Gasteiger charge is 2.56. The summed E-state index contributed by atoms with van der Waals surface area (Å²) in [6, 6.07) is 5.19. The molecule has 2 saturated heterocycles. The number of nitrogens with one attached hydrogen (secondary N) is 1. The summed E-state index contributed by atoms with van der Waals surface area (Å²) >= 11 is 0. The van der Waals surface area contributed by atoms with Crippen LogP contribution in [0.15, 0.2) is 30.6 Å². The lowest BCUT2D eigenvalue weighted by Gasteiger charge is -2.43. The topological polar surface area (TPSA) is 98.1 Å². The molecule has 0 saturated carbocycles. The van der Waals surface area contributed by atoms with Crippen LogP contribution in [0.25, 0.3) is 11.1 Å². The van der Waals surface area contributed by atoms with Crippen molar-refractivity contribution in [3.05, 3.63) is 47.5 Å². The zero-order valence-electron chi connectivity index (χ0n) is 20.2. The first-order chi connectivity index (χ1) is 16.6. The third-order valence-corrected chi connectivity index (χ3v) is 7.62. The molecule has 3 aliphatic heterocycles. The van der Waals surface area contributed by atoms with Crippen LogP contribution in [0.5, 0.6) is 5.88 Å². The Bertz CT molecular complexity index is 1330. The number of piperidine rings is 1. The van der Waals surface area contributed by atoms with Crippen LogP contribution in [0.4, 0.5) is 10.2 Å². The summed E-state index contributed by atoms with van der Waals surface area (Å²) in [5.74, 6) is 0.477. The Morgan fingerprint density at radius 2 is 2.03 bits per heavy atom. The largest absolute Gasteiger partial charge is 0.470 e. The van der Waals surface area contributed by atoms with E-state index < -0.39 is 17.8 Å². The number of ether oxygens (including phenoxy) is 1. The van der Waals surface area contributed by atoms with Crippen molar-refractivity contribution in [2.75, 3.05) is 4.90 Å². The Balaban J connectivity index is 1.19. The number of hydrogen-bond donors (Lipinski definition) is 1. The van der Waals surface area contributed by atoms with Crippen LogP contribution in [0.2, 0.25) is 0 Å². The predicted octanol–water partition coefficient (Wildman–Crippen LogP) is 3.13. The van der Waals surface area contributed by atoms with E-state index in [4.69, 9.17) is 4.74 Å². The Morgan fingerprint density at radius 1 is 1.20 bits per heavy atom. The Kier molecular flexibility index (Phi) is 4.76. The van der Waals surface area contributed by atoms with Gasteiger partial charge in [0.25, 0.3) is 5.91 Å². The molecule has 9 nitrogen and oxygen atoms in total. The van der Waals surface area contributed by atoms with Gasteiger partial charge in [-0.05, 0) is 45.7 Å². The molecule has 0 aliphatic carbocycles. The number of aryl methyl sites for hydroxylation is 2. The minimum Gasteiger partial charge on any atom is -0.470 e. The summed E-state index contributed by atoms with van der Waals surface area (Å²) in [4.78, 5) is 19.2. The SMILES string of the molecule is Cc1nn(C)cc1-c1cnc2c(c1)C(=O)N(c1ccc(O[C@@H]3C[C@@]4(C)CC[C@](C)(N4)[C@H]3F)nn1)C2. The first kappa shape index (κ1) is 22.1. The van der Waals surface area contributed by atoms with Gasteiger partial charge >= 0.3 is 0 Å². The average molecular weight is 478 g/mol. The Morgan fingerprint density at radius 3 is 2.74 bits per heavy atom. The normalized spacial score (nSPS) is 29.5. The van der Waals surface area contributed by atoms with Gasteiger partial charge in [-0.25, -0.2) is 4.39 Å². The van der Waals surface area contributed by atoms with Gasteiger partial charge in [0, 0.05) is 48.6 Å². The number of halogens is 1. The fraction of sp³-hybridized carbons (Fsp3) is 0.480. The molecule has 0 aromatic carbocycles. The lowest BCUT2D eigenvalue weighted by atomic mass is 9.85. The first-order valence-electron chi connectivity index (χ1n) is 11.9. The highest BCUT2D eigenvalue weighted by Crippen LogP contribution is 2.44. The van der Waals surface area contributed by atoms with Crippen LogP contribution in [0, 0.1) is 6.92 Å². The number of pyridine rings is 1. The molecule has 4 atom stereocenters. The molecule has 3 aliphatic rings. The second-order valence-electron chi connectivity index (χ2n) is 10.5. The molecule has 3 aromatic rings. The molecule has 10 heteroatoms. The van der Waals surface area contributed by atoms with Crippen molar-refractivity contribution in [3.63, 3.8) is 0 Å². The predicted molar refractivity (Wildman–Crippen MR) is 127 cm³/mol. The van der Waals surface area contributed by atoms with Crippen molar-refractivity contribution in [2.45, 2.75) is 69.9 Å². The Hall–Kier alpha value is -3.40. The fourth-order valence-corrected chi connectivity index (χ4v) is 5.83. The first-order valence-corrected chi connectivity index (χ1v) is 11.9. The number of aromatic nitrogens is 5. The highest BCUT2D eigenvalue weighted by atomic mass is 19.1. The highest BCUT2D eigenvalue weighted by molar-refractivity contribution is 6.09. The molecular weight excluding hydrogens is 449 g/mol. The standard InChI is InChI=1S/C25H28FN7O2/c1-14-17(12-32(4)30-14)15-9-16-18(27-11-15)13-33(23(16)34)20-5-6-21(29-28-20)35-19-10-24(2)7-8-25(3,31-24)22(19)26/h5-6,9,11-12,19,22,31H,7-8,10,13H2,1-4H3/t19-,22+,24-,25+/m1/s1. The van der Waals surface area contributed by atoms with Crippen molar-refractivity contribution in [3.8, 4) is 17.0 Å². The van der Waals surface area contributed by atoms with Gasteiger partial charge < -0.3 is 10.1 Å². The molecule has 2 bridgehead atoms. The van der Waals surface area contributed by atoms with Crippen molar-refractivity contribution in [1.82, 2.24) is 30.3 Å². The van der Waals surface area contributed by atoms with Gasteiger partial charge in [-0.2, -0.15) is 5.10 Å². The molecule has 6 rings (SSSR count). The molecule has 1 N–H and O–H groups in total. The van der Waals surface area contributed by atoms with E-state index in [0.717, 1.165) is 29.7 Å². The zero-order chi connectivity index (χ0) is 24.5. The Labute approximate surface area is 202 Å². The average Bonchev–Trinajstić information content (AvgIpc) is 3.43. The van der Waals surface area contributed by atoms with Gasteiger partial charge in [0.2, 0.25) is 5.88 Å². The van der Waals surface area contributed by atoms with E-state index in [1.807, 2.05) is 33.2 Å². The van der Waals surface area contributed by atoms with E-state index in [0.29, 0.717) is 30.0 Å². The molecule has 0 spiro atoms. The number of alkyl halides is 1. The number of carbonyl (C=O) groups is 1. The second kappa shape index (κ2) is 7.55. The fourth-order valence-electron chi connectivity index (χ4n) is 5.83. The number of fused-ring (bicyclic) bond motifs is 3. The van der Waals surface area contributed by atoms with E-state index in [-0.39, 0.29) is 17.3 Å². The third-order valence-electron chi connectivity index (χ3n) is 7.62. The number of nitrogens with zero attached hydrogens (tertiary/aromatic N) is 6. The number of amides is 1. The van der Waals surface area contributed by atoms with Crippen LogP contribution in [0.3, 0.4) is 0 Å². The van der Waals surface area contributed by atoms with Crippen LogP contribution in [0.1, 0.15) is 54.9 Å². The molecule has 0 radical (unpaired) electrons. The van der Waals surface area contributed by atoms with Crippen LogP contribution in [-0.2, 0) is 13.6 Å². The van der Waals surface area contributed by atoms with Gasteiger partial charge in [-0.1, -0.05) is 0 Å². The van der Waals surface area contributed by atoms with Gasteiger partial charge in [0.05, 0.1) is 29.0 Å². The van der Waals surface area contributed by atoms with Gasteiger partial charge in [-0.15, -0.1) is 10.2 Å². The second-order valence-corrected chi connectivity index (χ2v) is 10.5. The van der Waals surface area contributed by atoms with Crippen molar-refractivity contribution < 1.29 is 13.9 Å². The van der Waals surface area contributed by atoms with E-state index in [9.17, 15) is 4.79 Å². The molecule has 0 unspecified atom stereocenters. The van der Waals surface area contributed by atoms with E-state index in [1.54, 1.807) is 27.9 Å². The van der Waals surface area contributed by atoms with Crippen LogP contribution in [-0.4, -0.2) is 54.2 Å². The molecule has 182 valence electrons. The maximum Gasteiger partial charge on any atom is 0.261 e. The summed E-state index contributed by atoms with van der Waals surface area (Å²) in [6.45, 7) is 6.27. The smallest absolute Gasteiger partial charge is 0.261 e. The maximum atomic E-state index is 15.2. The van der Waals surface area contributed by atoms with Gasteiger partial charge in [-0.3, -0.25) is 19.4 Å². The van der Waals surface area contributed by atoms with Crippen molar-refractivity contribution in [2.24, 2.45) is 7.05 Å². The van der Waals surface area contributed by atoms with Gasteiger partial charge in [0.1, 0.15) is 6.10 Å². The molecular formula is C25H28FN7O2. The summed E-state index contributed by atoms with van der Waals surface area (Å²) in [6.07, 6.45) is 4.21. The van der Waals surface area contributed by atoms with Gasteiger partial charge in [0.15, 0.2) is 12.0 Å². The van der Waals surface area contributed by atoms with E-state index in [1.165, 1.54) is 0 Å². The quantitative estimate of drug-likeness (QED) is 0.617. The van der Waals surface area contributed by atoms with E-state index in [2.05, 4.69) is 32.5 Å². The summed E-state index contributed by atoms with van der Waals surface area (Å²) in [5, 5.41) is 16.2. The number of rotatable bonds is 4. The third kappa shape index (κ3) is 3.58. The summed E-state index contributed by atoms with van der Waals surface area (Å²) in [7, 11) is 1.86. The van der Waals surface area contributed by atoms with Crippen molar-refractivity contribution in [1.29, 1.82) is 0 Å². The summed E-state index contributed by atoms with van der Waals surface area (Å²) in [5.41, 5.74) is 3.17. The maximum absolute atomic E-state index is 15.2. The zero-order valence-corrected chi connectivity index (χ0v) is 20.2. The monoisotopic (exact) mass is 477 g/mol. The minimum absolute atomic E-state index is 0.136.